The molecular formula is C38H31NO7. The largest absolute Gasteiger partial charge is 0.491 e. The molecule has 1 N–H and O–H groups in total. The fourth-order valence-corrected chi connectivity index (χ4v) is 7.43. The summed E-state index contributed by atoms with van der Waals surface area (Å²) >= 11 is 0. The third-order valence-electron chi connectivity index (χ3n) is 9.56. The third kappa shape index (κ3) is 4.77. The number of carbonyl (C=O) groups is 5. The van der Waals surface area contributed by atoms with Crippen molar-refractivity contribution in [2.45, 2.75) is 25.7 Å². The zero-order valence-corrected chi connectivity index (χ0v) is 25.1. The van der Waals surface area contributed by atoms with Crippen molar-refractivity contribution in [3.63, 3.8) is 0 Å². The van der Waals surface area contributed by atoms with Crippen molar-refractivity contribution in [3.05, 3.63) is 130 Å². The van der Waals surface area contributed by atoms with Gasteiger partial charge in [0.05, 0.1) is 24.1 Å². The predicted molar refractivity (Wildman–Crippen MR) is 169 cm³/mol. The van der Waals surface area contributed by atoms with Crippen LogP contribution in [0.2, 0.25) is 0 Å². The van der Waals surface area contributed by atoms with Crippen LogP contribution in [0, 0.1) is 17.8 Å². The molecular weight excluding hydrogens is 582 g/mol. The number of nitrogens with zero attached hydrogens (tertiary/aromatic N) is 1. The Morgan fingerprint density at radius 1 is 0.870 bits per heavy atom. The third-order valence-corrected chi connectivity index (χ3v) is 9.56. The van der Waals surface area contributed by atoms with Crippen molar-refractivity contribution < 1.29 is 33.8 Å². The number of hydrogen-bond donors (Lipinski definition) is 1. The molecule has 0 spiro atoms. The Bertz CT molecular complexity index is 1880. The predicted octanol–water partition coefficient (Wildman–Crippen LogP) is 4.92. The molecule has 3 aromatic rings. The van der Waals surface area contributed by atoms with Crippen LogP contribution in [0.4, 0.5) is 5.69 Å². The summed E-state index contributed by atoms with van der Waals surface area (Å²) in [6.45, 7) is 1.66. The van der Waals surface area contributed by atoms with Crippen LogP contribution in [-0.2, 0) is 19.2 Å². The lowest BCUT2D eigenvalue weighted by atomic mass is 9.59. The van der Waals surface area contributed by atoms with E-state index in [1.54, 1.807) is 67.6 Å². The number of anilines is 1. The summed E-state index contributed by atoms with van der Waals surface area (Å²) in [4.78, 5) is 69.1. The number of allylic oxidation sites excluding steroid dienone is 6. The van der Waals surface area contributed by atoms with Crippen LogP contribution < -0.4 is 9.64 Å². The molecule has 8 nitrogen and oxygen atoms in total. The van der Waals surface area contributed by atoms with Gasteiger partial charge in [-0.25, -0.2) is 0 Å². The Kier molecular flexibility index (Phi) is 7.45. The fraction of sp³-hybridized carbons (Fsp3) is 0.237. The number of benzene rings is 3. The second kappa shape index (κ2) is 11.6. The highest BCUT2D eigenvalue weighted by Gasteiger charge is 2.56. The SMILES string of the molecule is CC1=CC(=O)C2=C(C1=O)C(c1ccc(OCCO)cc1)C1=CCC3C(=O)N(c4ccc(C(=O)c5ccccc5)cc4)C(=O)C3C1C2. The van der Waals surface area contributed by atoms with Crippen LogP contribution in [0.1, 0.15) is 47.2 Å². The number of hydrogen-bond acceptors (Lipinski definition) is 7. The van der Waals surface area contributed by atoms with E-state index in [0.717, 1.165) is 11.1 Å². The number of fused-ring (bicyclic) bond motifs is 3. The van der Waals surface area contributed by atoms with E-state index in [-0.39, 0.29) is 48.8 Å². The molecule has 4 aliphatic rings. The number of aliphatic hydroxyl groups excluding tert-OH is 1. The maximum absolute atomic E-state index is 14.2. The highest BCUT2D eigenvalue weighted by atomic mass is 16.5. The van der Waals surface area contributed by atoms with E-state index in [9.17, 15) is 24.0 Å². The molecule has 4 atom stereocenters. The summed E-state index contributed by atoms with van der Waals surface area (Å²) in [7, 11) is 0. The van der Waals surface area contributed by atoms with Crippen LogP contribution in [0.15, 0.2) is 113 Å². The van der Waals surface area contributed by atoms with Gasteiger partial charge < -0.3 is 9.84 Å². The zero-order chi connectivity index (χ0) is 32.1. The van der Waals surface area contributed by atoms with E-state index < -0.39 is 23.7 Å². The summed E-state index contributed by atoms with van der Waals surface area (Å²) in [6, 6.07) is 22.6. The molecule has 4 unspecified atom stereocenters. The lowest BCUT2D eigenvalue weighted by Gasteiger charge is -2.42. The van der Waals surface area contributed by atoms with Gasteiger partial charge in [-0.15, -0.1) is 0 Å². The topological polar surface area (TPSA) is 118 Å². The van der Waals surface area contributed by atoms with Crippen LogP contribution >= 0.6 is 0 Å². The zero-order valence-electron chi connectivity index (χ0n) is 25.1. The standard InChI is InChI=1S/C38H31NO7/c1-21-19-31(41)30-20-29-27(32(34(30)35(21)42)22-9-13-26(14-10-22)46-18-17-40)15-16-28-33(29)38(45)39(37(28)44)25-11-7-24(8-12-25)36(43)23-5-3-2-4-6-23/h2-15,19,28-29,32-33,40H,16-18,20H2,1H3. The number of carbonyl (C=O) groups excluding carboxylic acids is 5. The van der Waals surface area contributed by atoms with Gasteiger partial charge in [-0.1, -0.05) is 54.1 Å². The molecule has 0 bridgehead atoms. The first-order valence-corrected chi connectivity index (χ1v) is 15.4. The van der Waals surface area contributed by atoms with Crippen molar-refractivity contribution in [2.75, 3.05) is 18.1 Å². The molecule has 0 radical (unpaired) electrons. The van der Waals surface area contributed by atoms with E-state index in [1.165, 1.54) is 11.0 Å². The second-order valence-electron chi connectivity index (χ2n) is 12.1. The Hall–Kier alpha value is -5.21. The Morgan fingerprint density at radius 3 is 2.26 bits per heavy atom. The van der Waals surface area contributed by atoms with E-state index in [2.05, 4.69) is 0 Å². The molecule has 1 saturated heterocycles. The summed E-state index contributed by atoms with van der Waals surface area (Å²) < 4.78 is 5.53. The molecule has 3 aliphatic carbocycles. The van der Waals surface area contributed by atoms with Crippen molar-refractivity contribution in [3.8, 4) is 5.75 Å². The Morgan fingerprint density at radius 2 is 1.57 bits per heavy atom. The molecule has 1 heterocycles. The van der Waals surface area contributed by atoms with Gasteiger partial charge in [-0.3, -0.25) is 28.9 Å². The van der Waals surface area contributed by atoms with E-state index >= 15 is 0 Å². The number of rotatable bonds is 7. The quantitative estimate of drug-likeness (QED) is 0.174. The van der Waals surface area contributed by atoms with Crippen LogP contribution in [0.25, 0.3) is 0 Å². The molecule has 3 aromatic carbocycles. The summed E-state index contributed by atoms with van der Waals surface area (Å²) in [5, 5.41) is 9.13. The van der Waals surface area contributed by atoms with E-state index in [0.29, 0.717) is 45.7 Å². The molecule has 0 saturated carbocycles. The summed E-state index contributed by atoms with van der Waals surface area (Å²) in [5.41, 5.74) is 4.23. The molecule has 0 aromatic heterocycles. The first-order chi connectivity index (χ1) is 22.3. The van der Waals surface area contributed by atoms with Crippen LogP contribution in [0.5, 0.6) is 5.75 Å². The second-order valence-corrected chi connectivity index (χ2v) is 12.1. The van der Waals surface area contributed by atoms with Crippen LogP contribution in [0.3, 0.4) is 0 Å². The highest BCUT2D eigenvalue weighted by molar-refractivity contribution is 6.25. The minimum Gasteiger partial charge on any atom is -0.491 e. The monoisotopic (exact) mass is 613 g/mol. The Labute approximate surface area is 265 Å². The molecule has 1 aliphatic heterocycles. The lowest BCUT2D eigenvalue weighted by molar-refractivity contribution is -0.123. The molecule has 2 amide bonds. The number of ether oxygens (including phenoxy) is 1. The maximum atomic E-state index is 14.2. The highest BCUT2D eigenvalue weighted by Crippen LogP contribution is 2.55. The molecule has 7 rings (SSSR count). The molecule has 1 fully saturated rings. The molecule has 8 heteroatoms. The van der Waals surface area contributed by atoms with E-state index in [4.69, 9.17) is 9.84 Å². The van der Waals surface area contributed by atoms with Gasteiger partial charge in [-0.05, 0) is 73.7 Å². The van der Waals surface area contributed by atoms with Gasteiger partial charge in [0.1, 0.15) is 12.4 Å². The summed E-state index contributed by atoms with van der Waals surface area (Å²) in [6.07, 6.45) is 3.88. The minimum atomic E-state index is -0.697. The normalized spacial score (nSPS) is 23.8. The smallest absolute Gasteiger partial charge is 0.238 e. The first-order valence-electron chi connectivity index (χ1n) is 15.4. The average molecular weight is 614 g/mol. The van der Waals surface area contributed by atoms with Gasteiger partial charge in [0.2, 0.25) is 11.8 Å². The van der Waals surface area contributed by atoms with Crippen molar-refractivity contribution in [1.82, 2.24) is 0 Å². The van der Waals surface area contributed by atoms with Gasteiger partial charge in [0, 0.05) is 33.8 Å². The number of amides is 2. The van der Waals surface area contributed by atoms with Crippen molar-refractivity contribution in [2.24, 2.45) is 17.8 Å². The number of aliphatic hydroxyl groups is 1. The van der Waals surface area contributed by atoms with Crippen molar-refractivity contribution in [1.29, 1.82) is 0 Å². The number of Topliss-reactive ketones (excluding diaryl/α,β-unsaturated/α-hetero) is 1. The number of ketones is 3. The van der Waals surface area contributed by atoms with Gasteiger partial charge in [0.15, 0.2) is 17.3 Å². The minimum absolute atomic E-state index is 0.125. The Balaban J connectivity index is 1.23. The van der Waals surface area contributed by atoms with Gasteiger partial charge in [-0.2, -0.15) is 0 Å². The molecule has 46 heavy (non-hydrogen) atoms. The first kappa shape index (κ1) is 29.5. The maximum Gasteiger partial charge on any atom is 0.238 e. The fourth-order valence-electron chi connectivity index (χ4n) is 7.43. The van der Waals surface area contributed by atoms with Crippen LogP contribution in [-0.4, -0.2) is 47.5 Å². The van der Waals surface area contributed by atoms with Gasteiger partial charge in [0.25, 0.3) is 0 Å². The van der Waals surface area contributed by atoms with Crippen molar-refractivity contribution >= 4 is 34.9 Å². The van der Waals surface area contributed by atoms with E-state index in [1.807, 2.05) is 24.3 Å². The average Bonchev–Trinajstić information content (AvgIpc) is 3.34. The lowest BCUT2D eigenvalue weighted by Crippen LogP contribution is -2.39. The molecule has 230 valence electrons. The summed E-state index contributed by atoms with van der Waals surface area (Å²) in [5.74, 6) is -2.99. The van der Waals surface area contributed by atoms with Gasteiger partial charge >= 0.3 is 0 Å². The number of imide groups is 1.